The molecule has 2 atom stereocenters. The van der Waals surface area contributed by atoms with Gasteiger partial charge < -0.3 is 10.1 Å². The molecule has 1 aromatic carbocycles. The Balaban J connectivity index is 1.48. The molecule has 1 amide bonds. The Morgan fingerprint density at radius 1 is 1.26 bits per heavy atom. The fourth-order valence-corrected chi connectivity index (χ4v) is 5.09. The molecule has 2 fully saturated rings. The van der Waals surface area contributed by atoms with E-state index in [9.17, 15) is 9.59 Å². The molecule has 1 heterocycles. The Kier molecular flexibility index (Phi) is 5.00. The van der Waals surface area contributed by atoms with E-state index in [-0.39, 0.29) is 23.7 Å². The molecule has 0 aliphatic heterocycles. The molecule has 142 valence electrons. The minimum absolute atomic E-state index is 0.00323. The third-order valence-electron chi connectivity index (χ3n) is 5.78. The molecule has 2 aliphatic carbocycles. The molecular weight excluding hydrogens is 360 g/mol. The van der Waals surface area contributed by atoms with Gasteiger partial charge in [-0.15, -0.1) is 11.3 Å². The predicted octanol–water partition coefficient (Wildman–Crippen LogP) is 4.46. The molecule has 2 aliphatic rings. The van der Waals surface area contributed by atoms with Crippen LogP contribution in [0.1, 0.15) is 37.7 Å². The minimum atomic E-state index is -0.0844. The average Bonchev–Trinajstić information content (AvgIpc) is 3.09. The van der Waals surface area contributed by atoms with E-state index in [1.165, 1.54) is 11.3 Å². The number of aryl methyl sites for hydroxylation is 1. The van der Waals surface area contributed by atoms with Gasteiger partial charge in [0, 0.05) is 28.7 Å². The molecule has 5 nitrogen and oxygen atoms in total. The number of amides is 1. The van der Waals surface area contributed by atoms with Gasteiger partial charge in [-0.3, -0.25) is 9.59 Å². The van der Waals surface area contributed by atoms with Crippen LogP contribution < -0.4 is 10.1 Å². The first kappa shape index (κ1) is 18.2. The van der Waals surface area contributed by atoms with E-state index < -0.39 is 0 Å². The summed E-state index contributed by atoms with van der Waals surface area (Å²) in [5.41, 5.74) is 2.85. The number of rotatable bonds is 4. The number of Topliss-reactive ketones (excluding diaryl/α,β-unsaturated/α-hetero) is 1. The van der Waals surface area contributed by atoms with E-state index in [1.54, 1.807) is 7.11 Å². The lowest BCUT2D eigenvalue weighted by molar-refractivity contribution is -0.136. The maximum absolute atomic E-state index is 12.7. The van der Waals surface area contributed by atoms with Crippen molar-refractivity contribution in [3.63, 3.8) is 0 Å². The zero-order chi connectivity index (χ0) is 19.0. The molecule has 4 rings (SSSR count). The standard InChI is InChI=1S/C21H24N2O3S/c1-12-6-7-18(26-2)16(8-12)17-11-27-21(22-17)23-20(25)15-9-13-4-3-5-14(10-15)19(13)24/h6-8,11,13-15H,3-5,9-10H2,1-2H3,(H,22,23,25). The van der Waals surface area contributed by atoms with Crippen molar-refractivity contribution in [2.45, 2.75) is 39.0 Å². The maximum Gasteiger partial charge on any atom is 0.229 e. The van der Waals surface area contributed by atoms with Gasteiger partial charge >= 0.3 is 0 Å². The van der Waals surface area contributed by atoms with Crippen LogP contribution in [0.15, 0.2) is 23.6 Å². The Labute approximate surface area is 163 Å². The molecule has 2 aromatic rings. The molecule has 1 aromatic heterocycles. The third-order valence-corrected chi connectivity index (χ3v) is 6.54. The zero-order valence-corrected chi connectivity index (χ0v) is 16.5. The summed E-state index contributed by atoms with van der Waals surface area (Å²) in [5, 5.41) is 5.51. The maximum atomic E-state index is 12.7. The number of hydrogen-bond acceptors (Lipinski definition) is 5. The van der Waals surface area contributed by atoms with Crippen molar-refractivity contribution in [2.24, 2.45) is 17.8 Å². The van der Waals surface area contributed by atoms with Gasteiger partial charge in [-0.2, -0.15) is 0 Å². The van der Waals surface area contributed by atoms with E-state index in [0.29, 0.717) is 23.8 Å². The second kappa shape index (κ2) is 7.43. The second-order valence-corrected chi connectivity index (χ2v) is 8.48. The van der Waals surface area contributed by atoms with Crippen LogP contribution in [0, 0.1) is 24.7 Å². The molecule has 27 heavy (non-hydrogen) atoms. The number of carbonyl (C=O) groups excluding carboxylic acids is 2. The largest absolute Gasteiger partial charge is 0.496 e. The first-order chi connectivity index (χ1) is 13.0. The number of thiazole rings is 1. The van der Waals surface area contributed by atoms with Crippen LogP contribution in [0.2, 0.25) is 0 Å². The lowest BCUT2D eigenvalue weighted by atomic mass is 9.67. The van der Waals surface area contributed by atoms with Gasteiger partial charge in [0.15, 0.2) is 5.13 Å². The number of ketones is 1. The summed E-state index contributed by atoms with van der Waals surface area (Å²) in [6.45, 7) is 2.03. The molecular formula is C21H24N2O3S. The van der Waals surface area contributed by atoms with Crippen LogP contribution >= 0.6 is 11.3 Å². The number of ether oxygens (including phenoxy) is 1. The summed E-state index contributed by atoms with van der Waals surface area (Å²) in [6, 6.07) is 5.96. The Hall–Kier alpha value is -2.21. The highest BCUT2D eigenvalue weighted by Crippen LogP contribution is 2.40. The van der Waals surface area contributed by atoms with Gasteiger partial charge in [-0.05, 0) is 44.7 Å². The highest BCUT2D eigenvalue weighted by molar-refractivity contribution is 7.14. The van der Waals surface area contributed by atoms with Crippen LogP contribution in [-0.4, -0.2) is 23.8 Å². The third kappa shape index (κ3) is 3.63. The van der Waals surface area contributed by atoms with Crippen molar-refractivity contribution < 1.29 is 14.3 Å². The number of benzene rings is 1. The smallest absolute Gasteiger partial charge is 0.229 e. The van der Waals surface area contributed by atoms with Crippen molar-refractivity contribution in [1.82, 2.24) is 4.98 Å². The lowest BCUT2D eigenvalue weighted by Gasteiger charge is -2.36. The Morgan fingerprint density at radius 3 is 2.70 bits per heavy atom. The molecule has 2 unspecified atom stereocenters. The average molecular weight is 385 g/mol. The number of nitrogens with one attached hydrogen (secondary N) is 1. The van der Waals surface area contributed by atoms with E-state index >= 15 is 0 Å². The van der Waals surface area contributed by atoms with E-state index in [4.69, 9.17) is 4.74 Å². The monoisotopic (exact) mass is 384 g/mol. The van der Waals surface area contributed by atoms with Gasteiger partial charge in [0.05, 0.1) is 12.8 Å². The van der Waals surface area contributed by atoms with Crippen LogP contribution in [0.25, 0.3) is 11.3 Å². The van der Waals surface area contributed by atoms with Crippen molar-refractivity contribution in [1.29, 1.82) is 0 Å². The quantitative estimate of drug-likeness (QED) is 0.845. The molecule has 0 spiro atoms. The first-order valence-electron chi connectivity index (χ1n) is 9.50. The van der Waals surface area contributed by atoms with Gasteiger partial charge in [-0.1, -0.05) is 18.1 Å². The molecule has 0 radical (unpaired) electrons. The SMILES string of the molecule is COc1ccc(C)cc1-c1csc(NC(=O)C2CC3CCCC(C2)C3=O)n1. The van der Waals surface area contributed by atoms with Crippen molar-refractivity contribution in [3.8, 4) is 17.0 Å². The summed E-state index contributed by atoms with van der Waals surface area (Å²) >= 11 is 1.42. The number of anilines is 1. The number of fused-ring (bicyclic) bond motifs is 2. The number of carbonyl (C=O) groups is 2. The summed E-state index contributed by atoms with van der Waals surface area (Å²) in [5.74, 6) is 1.22. The number of aromatic nitrogens is 1. The van der Waals surface area contributed by atoms with E-state index in [1.807, 2.05) is 30.5 Å². The van der Waals surface area contributed by atoms with Crippen LogP contribution in [-0.2, 0) is 9.59 Å². The summed E-state index contributed by atoms with van der Waals surface area (Å²) < 4.78 is 5.44. The summed E-state index contributed by atoms with van der Waals surface area (Å²) in [7, 11) is 1.64. The first-order valence-corrected chi connectivity index (χ1v) is 10.4. The summed E-state index contributed by atoms with van der Waals surface area (Å²) in [6.07, 6.45) is 4.36. The number of hydrogen-bond donors (Lipinski definition) is 1. The van der Waals surface area contributed by atoms with Crippen LogP contribution in [0.3, 0.4) is 0 Å². The lowest BCUT2D eigenvalue weighted by Crippen LogP contribution is -2.40. The van der Waals surface area contributed by atoms with E-state index in [0.717, 1.165) is 41.8 Å². The fourth-order valence-electron chi connectivity index (χ4n) is 4.38. The van der Waals surface area contributed by atoms with Gasteiger partial charge in [-0.25, -0.2) is 4.98 Å². The minimum Gasteiger partial charge on any atom is -0.496 e. The van der Waals surface area contributed by atoms with Gasteiger partial charge in [0.25, 0.3) is 0 Å². The Morgan fingerprint density at radius 2 is 2.00 bits per heavy atom. The molecule has 2 saturated carbocycles. The van der Waals surface area contributed by atoms with Gasteiger partial charge in [0.2, 0.25) is 5.91 Å². The van der Waals surface area contributed by atoms with Crippen molar-refractivity contribution in [2.75, 3.05) is 12.4 Å². The predicted molar refractivity (Wildman–Crippen MR) is 106 cm³/mol. The number of methoxy groups -OCH3 is 1. The molecule has 2 bridgehead atoms. The fraction of sp³-hybridized carbons (Fsp3) is 0.476. The van der Waals surface area contributed by atoms with E-state index in [2.05, 4.69) is 10.3 Å². The van der Waals surface area contributed by atoms with Crippen LogP contribution in [0.4, 0.5) is 5.13 Å². The molecule has 0 saturated heterocycles. The normalized spacial score (nSPS) is 24.5. The van der Waals surface area contributed by atoms with Crippen molar-refractivity contribution >= 4 is 28.2 Å². The van der Waals surface area contributed by atoms with Gasteiger partial charge in [0.1, 0.15) is 11.5 Å². The highest BCUT2D eigenvalue weighted by Gasteiger charge is 2.41. The number of nitrogens with zero attached hydrogens (tertiary/aromatic N) is 1. The second-order valence-electron chi connectivity index (χ2n) is 7.63. The topological polar surface area (TPSA) is 68.3 Å². The summed E-state index contributed by atoms with van der Waals surface area (Å²) in [4.78, 5) is 29.6. The van der Waals surface area contributed by atoms with Crippen molar-refractivity contribution in [3.05, 3.63) is 29.1 Å². The highest BCUT2D eigenvalue weighted by atomic mass is 32.1. The molecule has 6 heteroatoms. The Bertz CT molecular complexity index is 860. The zero-order valence-electron chi connectivity index (χ0n) is 15.7. The van der Waals surface area contributed by atoms with Crippen LogP contribution in [0.5, 0.6) is 5.75 Å². The molecule has 1 N–H and O–H groups in total.